The van der Waals surface area contributed by atoms with Crippen molar-refractivity contribution in [3.63, 3.8) is 0 Å². The first-order valence-electron chi connectivity index (χ1n) is 6.27. The van der Waals surface area contributed by atoms with Crippen LogP contribution in [-0.2, 0) is 0 Å². The molecule has 0 atom stereocenters. The summed E-state index contributed by atoms with van der Waals surface area (Å²) in [6.07, 6.45) is 8.10. The molecule has 0 saturated carbocycles. The Labute approximate surface area is 109 Å². The molecule has 0 fully saturated rings. The summed E-state index contributed by atoms with van der Waals surface area (Å²) >= 11 is 6.10. The summed E-state index contributed by atoms with van der Waals surface area (Å²) in [7, 11) is 0. The molecule has 1 N–H and O–H groups in total. The average Bonchev–Trinajstić information content (AvgIpc) is 2.65. The second-order valence-corrected chi connectivity index (χ2v) is 4.76. The van der Waals surface area contributed by atoms with Crippen molar-refractivity contribution in [1.82, 2.24) is 15.1 Å². The van der Waals surface area contributed by atoms with Gasteiger partial charge in [-0.2, -0.15) is 5.10 Å². The van der Waals surface area contributed by atoms with E-state index in [-0.39, 0.29) is 0 Å². The number of aromatic nitrogens is 2. The largest absolute Gasteiger partial charge is 0.316 e. The molecule has 1 aromatic heterocycles. The summed E-state index contributed by atoms with van der Waals surface area (Å²) in [4.78, 5) is 0. The molecule has 0 aliphatic rings. The van der Waals surface area contributed by atoms with Gasteiger partial charge in [0.1, 0.15) is 0 Å². The first kappa shape index (κ1) is 14.3. The fourth-order valence-corrected chi connectivity index (χ4v) is 1.79. The predicted octanol–water partition coefficient (Wildman–Crippen LogP) is 3.52. The van der Waals surface area contributed by atoms with Crippen LogP contribution >= 0.6 is 11.6 Å². The lowest BCUT2D eigenvalue weighted by Crippen LogP contribution is -2.15. The standard InChI is InChI=1S/C13H22ClN3/c1-4-8-15-9-6-5-7-13-12(14)10-16-17(13)11(2)3/h5,7,10-11,15H,4,6,8-9H2,1-3H3/b7-5+. The Hall–Kier alpha value is -0.800. The maximum Gasteiger partial charge on any atom is 0.0859 e. The van der Waals surface area contributed by atoms with Crippen molar-refractivity contribution in [2.24, 2.45) is 0 Å². The van der Waals surface area contributed by atoms with Crippen LogP contribution in [0.1, 0.15) is 45.3 Å². The maximum atomic E-state index is 6.10. The Kier molecular flexibility index (Phi) is 6.30. The highest BCUT2D eigenvalue weighted by atomic mass is 35.5. The van der Waals surface area contributed by atoms with Gasteiger partial charge in [-0.1, -0.05) is 24.6 Å². The van der Waals surface area contributed by atoms with Crippen molar-refractivity contribution >= 4 is 17.7 Å². The molecular weight excluding hydrogens is 234 g/mol. The molecular formula is C13H22ClN3. The minimum Gasteiger partial charge on any atom is -0.316 e. The summed E-state index contributed by atoms with van der Waals surface area (Å²) < 4.78 is 1.94. The zero-order valence-electron chi connectivity index (χ0n) is 10.9. The lowest BCUT2D eigenvalue weighted by molar-refractivity contribution is 0.528. The smallest absolute Gasteiger partial charge is 0.0859 e. The molecule has 0 aromatic carbocycles. The Morgan fingerprint density at radius 2 is 2.24 bits per heavy atom. The third-order valence-electron chi connectivity index (χ3n) is 2.47. The Balaban J connectivity index is 2.50. The van der Waals surface area contributed by atoms with Gasteiger partial charge in [0.15, 0.2) is 0 Å². The van der Waals surface area contributed by atoms with Crippen LogP contribution in [0, 0.1) is 0 Å². The van der Waals surface area contributed by atoms with E-state index in [4.69, 9.17) is 11.6 Å². The highest BCUT2D eigenvalue weighted by molar-refractivity contribution is 6.31. The monoisotopic (exact) mass is 255 g/mol. The highest BCUT2D eigenvalue weighted by Crippen LogP contribution is 2.20. The van der Waals surface area contributed by atoms with E-state index < -0.39 is 0 Å². The summed E-state index contributed by atoms with van der Waals surface area (Å²) in [5.74, 6) is 0. The first-order chi connectivity index (χ1) is 8.16. The number of nitrogens with one attached hydrogen (secondary N) is 1. The van der Waals surface area contributed by atoms with E-state index in [1.165, 1.54) is 6.42 Å². The molecule has 1 rings (SSSR count). The zero-order chi connectivity index (χ0) is 12.7. The van der Waals surface area contributed by atoms with E-state index in [0.29, 0.717) is 6.04 Å². The normalized spacial score (nSPS) is 11.8. The second kappa shape index (κ2) is 7.51. The second-order valence-electron chi connectivity index (χ2n) is 4.36. The number of hydrogen-bond acceptors (Lipinski definition) is 2. The summed E-state index contributed by atoms with van der Waals surface area (Å²) in [5.41, 5.74) is 0.997. The van der Waals surface area contributed by atoms with Gasteiger partial charge in [0.25, 0.3) is 0 Å². The van der Waals surface area contributed by atoms with Gasteiger partial charge < -0.3 is 5.32 Å². The quantitative estimate of drug-likeness (QED) is 0.756. The van der Waals surface area contributed by atoms with Gasteiger partial charge in [-0.15, -0.1) is 0 Å². The average molecular weight is 256 g/mol. The Morgan fingerprint density at radius 3 is 2.88 bits per heavy atom. The topological polar surface area (TPSA) is 29.9 Å². The first-order valence-corrected chi connectivity index (χ1v) is 6.64. The van der Waals surface area contributed by atoms with Gasteiger partial charge in [-0.3, -0.25) is 4.68 Å². The number of nitrogens with zero attached hydrogens (tertiary/aromatic N) is 2. The minimum atomic E-state index is 0.334. The molecule has 96 valence electrons. The van der Waals surface area contributed by atoms with Crippen LogP contribution in [0.5, 0.6) is 0 Å². The summed E-state index contributed by atoms with van der Waals surface area (Å²) in [6, 6.07) is 0.334. The van der Waals surface area contributed by atoms with Crippen molar-refractivity contribution in [1.29, 1.82) is 0 Å². The Morgan fingerprint density at radius 1 is 1.47 bits per heavy atom. The number of rotatable bonds is 7. The van der Waals surface area contributed by atoms with E-state index >= 15 is 0 Å². The molecule has 0 bridgehead atoms. The molecule has 1 heterocycles. The summed E-state index contributed by atoms with van der Waals surface area (Å²) in [6.45, 7) is 8.47. The molecule has 0 radical (unpaired) electrons. The molecule has 4 heteroatoms. The third-order valence-corrected chi connectivity index (χ3v) is 2.76. The van der Waals surface area contributed by atoms with E-state index in [0.717, 1.165) is 30.2 Å². The number of halogens is 1. The number of hydrogen-bond donors (Lipinski definition) is 1. The van der Waals surface area contributed by atoms with Gasteiger partial charge in [0, 0.05) is 6.04 Å². The van der Waals surface area contributed by atoms with E-state index in [1.807, 2.05) is 4.68 Å². The van der Waals surface area contributed by atoms with Crippen molar-refractivity contribution in [2.45, 2.75) is 39.7 Å². The molecule has 1 aromatic rings. The minimum absolute atomic E-state index is 0.334. The highest BCUT2D eigenvalue weighted by Gasteiger charge is 2.07. The molecule has 17 heavy (non-hydrogen) atoms. The van der Waals surface area contributed by atoms with Crippen molar-refractivity contribution in [2.75, 3.05) is 13.1 Å². The van der Waals surface area contributed by atoms with E-state index in [2.05, 4.69) is 43.3 Å². The lowest BCUT2D eigenvalue weighted by Gasteiger charge is -2.08. The van der Waals surface area contributed by atoms with E-state index in [1.54, 1.807) is 6.20 Å². The van der Waals surface area contributed by atoms with Crippen LogP contribution in [0.2, 0.25) is 5.02 Å². The summed E-state index contributed by atoms with van der Waals surface area (Å²) in [5, 5.41) is 8.34. The molecule has 0 spiro atoms. The molecule has 0 amide bonds. The predicted molar refractivity (Wildman–Crippen MR) is 74.4 cm³/mol. The van der Waals surface area contributed by atoms with Crippen LogP contribution in [0.3, 0.4) is 0 Å². The lowest BCUT2D eigenvalue weighted by atomic mass is 10.3. The van der Waals surface area contributed by atoms with Crippen molar-refractivity contribution in [3.05, 3.63) is 23.0 Å². The Bertz CT molecular complexity index is 356. The van der Waals surface area contributed by atoms with Crippen molar-refractivity contribution < 1.29 is 0 Å². The van der Waals surface area contributed by atoms with Gasteiger partial charge in [-0.05, 0) is 45.9 Å². The van der Waals surface area contributed by atoms with Gasteiger partial charge in [-0.25, -0.2) is 0 Å². The fraction of sp³-hybridized carbons (Fsp3) is 0.615. The van der Waals surface area contributed by atoms with Crippen LogP contribution in [0.15, 0.2) is 12.3 Å². The SMILES string of the molecule is CCCNCC/C=C/c1c(Cl)cnn1C(C)C. The molecule has 0 aliphatic heterocycles. The van der Waals surface area contributed by atoms with Gasteiger partial charge in [0.05, 0.1) is 16.9 Å². The van der Waals surface area contributed by atoms with Crippen LogP contribution in [-0.4, -0.2) is 22.9 Å². The molecule has 0 unspecified atom stereocenters. The molecule has 0 saturated heterocycles. The zero-order valence-corrected chi connectivity index (χ0v) is 11.7. The van der Waals surface area contributed by atoms with Gasteiger partial charge in [0.2, 0.25) is 0 Å². The van der Waals surface area contributed by atoms with Gasteiger partial charge >= 0.3 is 0 Å². The van der Waals surface area contributed by atoms with Crippen molar-refractivity contribution in [3.8, 4) is 0 Å². The third kappa shape index (κ3) is 4.52. The van der Waals surface area contributed by atoms with Crippen LogP contribution < -0.4 is 5.32 Å². The molecule has 0 aliphatic carbocycles. The van der Waals surface area contributed by atoms with Crippen LogP contribution in [0.4, 0.5) is 0 Å². The molecule has 3 nitrogen and oxygen atoms in total. The maximum absolute atomic E-state index is 6.10. The fourth-order valence-electron chi connectivity index (χ4n) is 1.60. The van der Waals surface area contributed by atoms with E-state index in [9.17, 15) is 0 Å². The van der Waals surface area contributed by atoms with Crippen LogP contribution in [0.25, 0.3) is 6.08 Å².